The number of carbonyl (C=O) groups is 1. The van der Waals surface area contributed by atoms with Crippen LogP contribution in [0.25, 0.3) is 0 Å². The van der Waals surface area contributed by atoms with Gasteiger partial charge in [0.05, 0.1) is 0 Å². The number of rotatable bonds is 7. The van der Waals surface area contributed by atoms with Crippen LogP contribution in [0.4, 0.5) is 0 Å². The summed E-state index contributed by atoms with van der Waals surface area (Å²) in [5.41, 5.74) is 5.95. The van der Waals surface area contributed by atoms with Gasteiger partial charge in [-0.15, -0.1) is 0 Å². The standard InChI is InChI=1S/C18H36N2O/c1-5-14-8-6-7-9-16(14)20-17(21)11-10-15(12-13-19)18(2,3)4/h14-16H,5-13,19H2,1-4H3,(H,20,21). The molecule has 0 saturated heterocycles. The number of nitrogens with one attached hydrogen (secondary N) is 1. The van der Waals surface area contributed by atoms with Gasteiger partial charge in [-0.05, 0) is 49.5 Å². The minimum absolute atomic E-state index is 0.233. The first-order valence-corrected chi connectivity index (χ1v) is 8.87. The first kappa shape index (κ1) is 18.5. The highest BCUT2D eigenvalue weighted by Gasteiger charge is 2.27. The van der Waals surface area contributed by atoms with Gasteiger partial charge in [-0.3, -0.25) is 4.79 Å². The van der Waals surface area contributed by atoms with Gasteiger partial charge in [-0.2, -0.15) is 0 Å². The molecule has 0 aromatic heterocycles. The molecule has 3 N–H and O–H groups in total. The molecule has 0 radical (unpaired) electrons. The second-order valence-corrected chi connectivity index (χ2v) is 7.81. The van der Waals surface area contributed by atoms with Crippen LogP contribution in [-0.4, -0.2) is 18.5 Å². The number of hydrogen-bond donors (Lipinski definition) is 2. The number of carbonyl (C=O) groups excluding carboxylic acids is 1. The van der Waals surface area contributed by atoms with E-state index in [1.165, 1.54) is 25.7 Å². The van der Waals surface area contributed by atoms with Crippen LogP contribution in [0.15, 0.2) is 0 Å². The predicted octanol–water partition coefficient (Wildman–Crippen LogP) is 3.86. The van der Waals surface area contributed by atoms with Crippen LogP contribution in [0.3, 0.4) is 0 Å². The molecular formula is C18H36N2O. The van der Waals surface area contributed by atoms with E-state index >= 15 is 0 Å². The Bertz CT molecular complexity index is 309. The number of nitrogens with two attached hydrogens (primary N) is 1. The van der Waals surface area contributed by atoms with Gasteiger partial charge in [0, 0.05) is 12.5 Å². The first-order chi connectivity index (χ1) is 9.88. The van der Waals surface area contributed by atoms with Crippen LogP contribution in [0.2, 0.25) is 0 Å². The molecule has 1 fully saturated rings. The normalized spacial score (nSPS) is 24.6. The third kappa shape index (κ3) is 6.37. The van der Waals surface area contributed by atoms with Crippen molar-refractivity contribution in [3.63, 3.8) is 0 Å². The second kappa shape index (κ2) is 8.77. The highest BCUT2D eigenvalue weighted by molar-refractivity contribution is 5.76. The largest absolute Gasteiger partial charge is 0.353 e. The van der Waals surface area contributed by atoms with Crippen molar-refractivity contribution < 1.29 is 4.79 Å². The molecule has 0 aliphatic heterocycles. The molecule has 1 amide bonds. The molecule has 3 heteroatoms. The SMILES string of the molecule is CCC1CCCCC1NC(=O)CCC(CCN)C(C)(C)C. The van der Waals surface area contributed by atoms with Gasteiger partial charge < -0.3 is 11.1 Å². The Hall–Kier alpha value is -0.570. The molecule has 0 aromatic rings. The van der Waals surface area contributed by atoms with Gasteiger partial charge in [0.25, 0.3) is 0 Å². The molecule has 0 spiro atoms. The zero-order chi connectivity index (χ0) is 15.9. The smallest absolute Gasteiger partial charge is 0.220 e. The fraction of sp³-hybridized carbons (Fsp3) is 0.944. The summed E-state index contributed by atoms with van der Waals surface area (Å²) in [5, 5.41) is 3.30. The van der Waals surface area contributed by atoms with Crippen LogP contribution in [-0.2, 0) is 4.79 Å². The van der Waals surface area contributed by atoms with Crippen molar-refractivity contribution in [3.8, 4) is 0 Å². The Morgan fingerprint density at radius 2 is 1.90 bits per heavy atom. The molecule has 0 bridgehead atoms. The maximum atomic E-state index is 12.3. The van der Waals surface area contributed by atoms with E-state index in [0.717, 1.165) is 19.3 Å². The molecule has 3 nitrogen and oxygen atoms in total. The average molecular weight is 296 g/mol. The molecule has 0 heterocycles. The zero-order valence-corrected chi connectivity index (χ0v) is 14.6. The third-order valence-corrected chi connectivity index (χ3v) is 5.24. The van der Waals surface area contributed by atoms with E-state index in [2.05, 4.69) is 33.0 Å². The van der Waals surface area contributed by atoms with E-state index < -0.39 is 0 Å². The van der Waals surface area contributed by atoms with Crippen molar-refractivity contribution in [1.82, 2.24) is 5.32 Å². The van der Waals surface area contributed by atoms with Gasteiger partial charge in [-0.25, -0.2) is 0 Å². The van der Waals surface area contributed by atoms with E-state index in [0.29, 0.717) is 30.8 Å². The minimum atomic E-state index is 0.233. The van der Waals surface area contributed by atoms with Crippen molar-refractivity contribution in [3.05, 3.63) is 0 Å². The lowest BCUT2D eigenvalue weighted by atomic mass is 9.76. The molecule has 3 unspecified atom stereocenters. The highest BCUT2D eigenvalue weighted by Crippen LogP contribution is 2.32. The van der Waals surface area contributed by atoms with Crippen LogP contribution in [0.5, 0.6) is 0 Å². The molecule has 1 aliphatic carbocycles. The lowest BCUT2D eigenvalue weighted by molar-refractivity contribution is -0.122. The van der Waals surface area contributed by atoms with Crippen molar-refractivity contribution in [1.29, 1.82) is 0 Å². The first-order valence-electron chi connectivity index (χ1n) is 8.87. The van der Waals surface area contributed by atoms with E-state index in [-0.39, 0.29) is 11.3 Å². The molecule has 0 aromatic carbocycles. The fourth-order valence-corrected chi connectivity index (χ4v) is 3.68. The quantitative estimate of drug-likeness (QED) is 0.749. The summed E-state index contributed by atoms with van der Waals surface area (Å²) in [6.45, 7) is 9.70. The predicted molar refractivity (Wildman–Crippen MR) is 90.0 cm³/mol. The van der Waals surface area contributed by atoms with E-state index in [1.54, 1.807) is 0 Å². The van der Waals surface area contributed by atoms with Crippen LogP contribution >= 0.6 is 0 Å². The van der Waals surface area contributed by atoms with Crippen LogP contribution in [0.1, 0.15) is 79.1 Å². The summed E-state index contributed by atoms with van der Waals surface area (Å²) >= 11 is 0. The Morgan fingerprint density at radius 1 is 1.24 bits per heavy atom. The van der Waals surface area contributed by atoms with E-state index in [1.807, 2.05) is 0 Å². The maximum absolute atomic E-state index is 12.3. The van der Waals surface area contributed by atoms with E-state index in [4.69, 9.17) is 5.73 Å². The average Bonchev–Trinajstić information content (AvgIpc) is 2.42. The molecule has 21 heavy (non-hydrogen) atoms. The molecule has 1 saturated carbocycles. The van der Waals surface area contributed by atoms with Gasteiger partial charge in [-0.1, -0.05) is 47.0 Å². The lowest BCUT2D eigenvalue weighted by Gasteiger charge is -2.33. The summed E-state index contributed by atoms with van der Waals surface area (Å²) in [7, 11) is 0. The molecule has 1 rings (SSSR count). The van der Waals surface area contributed by atoms with Gasteiger partial charge >= 0.3 is 0 Å². The van der Waals surface area contributed by atoms with Gasteiger partial charge in [0.15, 0.2) is 0 Å². The Labute approximate surface area is 131 Å². The lowest BCUT2D eigenvalue weighted by Crippen LogP contribution is -2.42. The van der Waals surface area contributed by atoms with Gasteiger partial charge in [0.2, 0.25) is 5.91 Å². The second-order valence-electron chi connectivity index (χ2n) is 7.81. The maximum Gasteiger partial charge on any atom is 0.220 e. The molecule has 124 valence electrons. The van der Waals surface area contributed by atoms with E-state index in [9.17, 15) is 4.79 Å². The van der Waals surface area contributed by atoms with Gasteiger partial charge in [0.1, 0.15) is 0 Å². The van der Waals surface area contributed by atoms with Crippen molar-refractivity contribution in [2.45, 2.75) is 85.1 Å². The van der Waals surface area contributed by atoms with Crippen molar-refractivity contribution >= 4 is 5.91 Å². The summed E-state index contributed by atoms with van der Waals surface area (Å²) < 4.78 is 0. The van der Waals surface area contributed by atoms with Crippen LogP contribution < -0.4 is 11.1 Å². The zero-order valence-electron chi connectivity index (χ0n) is 14.6. The topological polar surface area (TPSA) is 55.1 Å². The highest BCUT2D eigenvalue weighted by atomic mass is 16.1. The molecular weight excluding hydrogens is 260 g/mol. The van der Waals surface area contributed by atoms with Crippen LogP contribution in [0, 0.1) is 17.3 Å². The molecule has 1 aliphatic rings. The van der Waals surface area contributed by atoms with Crippen molar-refractivity contribution in [2.75, 3.05) is 6.54 Å². The Balaban J connectivity index is 2.41. The Morgan fingerprint density at radius 3 is 2.48 bits per heavy atom. The third-order valence-electron chi connectivity index (χ3n) is 5.24. The minimum Gasteiger partial charge on any atom is -0.353 e. The van der Waals surface area contributed by atoms with Crippen molar-refractivity contribution in [2.24, 2.45) is 23.0 Å². The molecule has 3 atom stereocenters. The monoisotopic (exact) mass is 296 g/mol. The fourth-order valence-electron chi connectivity index (χ4n) is 3.68. The summed E-state index contributed by atoms with van der Waals surface area (Å²) in [4.78, 5) is 12.3. The summed E-state index contributed by atoms with van der Waals surface area (Å²) in [6.07, 6.45) is 8.83. The summed E-state index contributed by atoms with van der Waals surface area (Å²) in [6, 6.07) is 0.416. The number of amides is 1. The summed E-state index contributed by atoms with van der Waals surface area (Å²) in [5.74, 6) is 1.46. The Kier molecular flexibility index (Phi) is 7.72. The number of hydrogen-bond acceptors (Lipinski definition) is 2.